The Morgan fingerprint density at radius 3 is 2.29 bits per heavy atom. The molecule has 0 spiro atoms. The molecule has 14 heavy (non-hydrogen) atoms. The van der Waals surface area contributed by atoms with E-state index in [0.29, 0.717) is 6.04 Å². The largest absolute Gasteiger partial charge is 0.381 e. The topological polar surface area (TPSA) is 21.3 Å². The van der Waals surface area contributed by atoms with Crippen LogP contribution in [0.25, 0.3) is 0 Å². The smallest absolute Gasteiger partial charge is 0.0468 e. The van der Waals surface area contributed by atoms with Gasteiger partial charge in [-0.25, -0.2) is 0 Å². The average Bonchev–Trinajstić information content (AvgIpc) is 3.02. The lowest BCUT2D eigenvalue weighted by Gasteiger charge is -2.32. The van der Waals surface area contributed by atoms with E-state index in [0.717, 1.165) is 31.1 Å². The lowest BCUT2D eigenvalue weighted by Crippen LogP contribution is -2.38. The molecule has 2 nitrogen and oxygen atoms in total. The summed E-state index contributed by atoms with van der Waals surface area (Å²) in [6.07, 6.45) is 5.31. The molecule has 2 aliphatic rings. The van der Waals surface area contributed by atoms with Gasteiger partial charge in [-0.15, -0.1) is 0 Å². The van der Waals surface area contributed by atoms with Crippen molar-refractivity contribution in [2.75, 3.05) is 13.2 Å². The molecule has 0 radical (unpaired) electrons. The van der Waals surface area contributed by atoms with Gasteiger partial charge < -0.3 is 10.1 Å². The van der Waals surface area contributed by atoms with Crippen molar-refractivity contribution < 1.29 is 4.74 Å². The van der Waals surface area contributed by atoms with Crippen LogP contribution in [0, 0.1) is 11.8 Å². The molecule has 82 valence electrons. The number of rotatable bonds is 4. The van der Waals surface area contributed by atoms with Crippen LogP contribution in [0.15, 0.2) is 0 Å². The molecule has 1 saturated heterocycles. The second-order valence-electron chi connectivity index (χ2n) is 5.04. The maximum absolute atomic E-state index is 5.40. The summed E-state index contributed by atoms with van der Waals surface area (Å²) in [5.74, 6) is 1.68. The highest BCUT2D eigenvalue weighted by Crippen LogP contribution is 2.28. The number of nitrogens with one attached hydrogen (secondary N) is 1. The highest BCUT2D eigenvalue weighted by molar-refractivity contribution is 4.86. The van der Waals surface area contributed by atoms with Gasteiger partial charge in [-0.2, -0.15) is 0 Å². The highest BCUT2D eigenvalue weighted by Gasteiger charge is 2.29. The fraction of sp³-hybridized carbons (Fsp3) is 1.00. The summed E-state index contributed by atoms with van der Waals surface area (Å²) in [7, 11) is 0. The SMILES string of the molecule is CC(NC1CC1)C(C)C1CCOCC1. The molecule has 1 aliphatic heterocycles. The molecule has 2 unspecified atom stereocenters. The standard InChI is InChI=1S/C12H23NO/c1-9(10(2)13-12-3-4-12)11-5-7-14-8-6-11/h9-13H,3-8H2,1-2H3. The molecule has 0 bridgehead atoms. The van der Waals surface area contributed by atoms with E-state index in [1.807, 2.05) is 0 Å². The third-order valence-corrected chi connectivity index (χ3v) is 3.87. The Bertz CT molecular complexity index is 173. The molecule has 1 aliphatic carbocycles. The van der Waals surface area contributed by atoms with Crippen molar-refractivity contribution in [3.05, 3.63) is 0 Å². The predicted octanol–water partition coefficient (Wildman–Crippen LogP) is 2.19. The van der Waals surface area contributed by atoms with Gasteiger partial charge in [0.15, 0.2) is 0 Å². The van der Waals surface area contributed by atoms with Gasteiger partial charge in [0.05, 0.1) is 0 Å². The van der Waals surface area contributed by atoms with Crippen molar-refractivity contribution in [3.63, 3.8) is 0 Å². The fourth-order valence-electron chi connectivity index (χ4n) is 2.42. The Labute approximate surface area is 87.4 Å². The summed E-state index contributed by atoms with van der Waals surface area (Å²) in [6, 6.07) is 1.53. The third kappa shape index (κ3) is 2.71. The molecular weight excluding hydrogens is 174 g/mol. The zero-order chi connectivity index (χ0) is 9.97. The zero-order valence-corrected chi connectivity index (χ0v) is 9.46. The van der Waals surface area contributed by atoms with E-state index in [4.69, 9.17) is 4.74 Å². The van der Waals surface area contributed by atoms with Gasteiger partial charge in [0, 0.05) is 25.3 Å². The Morgan fingerprint density at radius 1 is 1.07 bits per heavy atom. The number of hydrogen-bond acceptors (Lipinski definition) is 2. The summed E-state index contributed by atoms with van der Waals surface area (Å²) in [5, 5.41) is 3.71. The van der Waals surface area contributed by atoms with Crippen molar-refractivity contribution in [2.24, 2.45) is 11.8 Å². The van der Waals surface area contributed by atoms with E-state index in [2.05, 4.69) is 19.2 Å². The molecular formula is C12H23NO. The highest BCUT2D eigenvalue weighted by atomic mass is 16.5. The third-order valence-electron chi connectivity index (χ3n) is 3.87. The van der Waals surface area contributed by atoms with Gasteiger partial charge in [0.1, 0.15) is 0 Å². The quantitative estimate of drug-likeness (QED) is 0.746. The van der Waals surface area contributed by atoms with E-state index in [1.54, 1.807) is 0 Å². The van der Waals surface area contributed by atoms with Crippen LogP contribution in [-0.2, 0) is 4.74 Å². The van der Waals surface area contributed by atoms with E-state index in [-0.39, 0.29) is 0 Å². The molecule has 2 heteroatoms. The number of hydrogen-bond donors (Lipinski definition) is 1. The minimum absolute atomic E-state index is 0.686. The fourth-order valence-corrected chi connectivity index (χ4v) is 2.42. The molecule has 1 N–H and O–H groups in total. The summed E-state index contributed by atoms with van der Waals surface area (Å²) in [4.78, 5) is 0. The summed E-state index contributed by atoms with van der Waals surface area (Å²) in [5.41, 5.74) is 0. The van der Waals surface area contributed by atoms with Crippen LogP contribution in [0.3, 0.4) is 0 Å². The van der Waals surface area contributed by atoms with Crippen molar-refractivity contribution in [1.82, 2.24) is 5.32 Å². The lowest BCUT2D eigenvalue weighted by atomic mass is 9.83. The Morgan fingerprint density at radius 2 is 1.71 bits per heavy atom. The van der Waals surface area contributed by atoms with Crippen molar-refractivity contribution >= 4 is 0 Å². The second-order valence-corrected chi connectivity index (χ2v) is 5.04. The minimum Gasteiger partial charge on any atom is -0.381 e. The molecule has 2 rings (SSSR count). The number of ether oxygens (including phenoxy) is 1. The molecule has 2 atom stereocenters. The molecule has 1 saturated carbocycles. The van der Waals surface area contributed by atoms with Crippen molar-refractivity contribution in [3.8, 4) is 0 Å². The maximum atomic E-state index is 5.40. The Kier molecular flexibility index (Phi) is 3.45. The Balaban J connectivity index is 1.75. The molecule has 1 heterocycles. The van der Waals surface area contributed by atoms with E-state index in [9.17, 15) is 0 Å². The molecule has 2 fully saturated rings. The van der Waals surface area contributed by atoms with Gasteiger partial charge in [-0.05, 0) is 44.4 Å². The first kappa shape index (κ1) is 10.4. The predicted molar refractivity (Wildman–Crippen MR) is 58.3 cm³/mol. The first-order valence-corrected chi connectivity index (χ1v) is 6.11. The summed E-state index contributed by atoms with van der Waals surface area (Å²) in [6.45, 7) is 6.70. The summed E-state index contributed by atoms with van der Waals surface area (Å²) >= 11 is 0. The van der Waals surface area contributed by atoms with Gasteiger partial charge in [0.2, 0.25) is 0 Å². The van der Waals surface area contributed by atoms with Gasteiger partial charge in [-0.3, -0.25) is 0 Å². The van der Waals surface area contributed by atoms with Gasteiger partial charge in [0.25, 0.3) is 0 Å². The lowest BCUT2D eigenvalue weighted by molar-refractivity contribution is 0.0436. The second kappa shape index (κ2) is 4.63. The van der Waals surface area contributed by atoms with E-state index >= 15 is 0 Å². The van der Waals surface area contributed by atoms with Crippen LogP contribution in [0.4, 0.5) is 0 Å². The Hall–Kier alpha value is -0.0800. The van der Waals surface area contributed by atoms with Crippen LogP contribution in [0.1, 0.15) is 39.5 Å². The van der Waals surface area contributed by atoms with Crippen LogP contribution in [0.2, 0.25) is 0 Å². The summed E-state index contributed by atoms with van der Waals surface area (Å²) < 4.78 is 5.40. The first-order chi connectivity index (χ1) is 6.77. The van der Waals surface area contributed by atoms with Gasteiger partial charge >= 0.3 is 0 Å². The van der Waals surface area contributed by atoms with Crippen molar-refractivity contribution in [2.45, 2.75) is 51.6 Å². The monoisotopic (exact) mass is 197 g/mol. The van der Waals surface area contributed by atoms with Crippen LogP contribution in [0.5, 0.6) is 0 Å². The zero-order valence-electron chi connectivity index (χ0n) is 9.46. The van der Waals surface area contributed by atoms with E-state index in [1.165, 1.54) is 25.7 Å². The first-order valence-electron chi connectivity index (χ1n) is 6.11. The van der Waals surface area contributed by atoms with Crippen LogP contribution >= 0.6 is 0 Å². The maximum Gasteiger partial charge on any atom is 0.0468 e. The normalized spacial score (nSPS) is 28.7. The minimum atomic E-state index is 0.686. The van der Waals surface area contributed by atoms with Crippen LogP contribution in [-0.4, -0.2) is 25.3 Å². The van der Waals surface area contributed by atoms with Gasteiger partial charge in [-0.1, -0.05) is 6.92 Å². The molecule has 0 amide bonds. The van der Waals surface area contributed by atoms with Crippen molar-refractivity contribution in [1.29, 1.82) is 0 Å². The molecule has 0 aromatic rings. The average molecular weight is 197 g/mol. The molecule has 0 aromatic carbocycles. The van der Waals surface area contributed by atoms with E-state index < -0.39 is 0 Å². The molecule has 0 aromatic heterocycles. The van der Waals surface area contributed by atoms with Crippen LogP contribution < -0.4 is 5.32 Å².